The monoisotopic (exact) mass is 387 g/mol. The maximum atomic E-state index is 12.1. The summed E-state index contributed by atoms with van der Waals surface area (Å²) in [5, 5.41) is 18.8. The zero-order valence-corrected chi connectivity index (χ0v) is 14.4. The summed E-state index contributed by atoms with van der Waals surface area (Å²) in [5.74, 6) is -0.511. The summed E-state index contributed by atoms with van der Waals surface area (Å²) >= 11 is 4.99. The van der Waals surface area contributed by atoms with E-state index < -0.39 is 11.6 Å². The number of benzene rings is 1. The molecule has 1 heterocycles. The molecule has 0 aliphatic carbocycles. The van der Waals surface area contributed by atoms with Crippen LogP contribution in [-0.4, -0.2) is 51.4 Å². The second kappa shape index (κ2) is 7.48. The lowest BCUT2D eigenvalue weighted by Gasteiger charge is -2.35. The summed E-state index contributed by atoms with van der Waals surface area (Å²) in [6.07, 6.45) is 0.591. The van der Waals surface area contributed by atoms with Crippen molar-refractivity contribution in [1.82, 2.24) is 4.90 Å². The number of hydrogen-bond donors (Lipinski definition) is 2. The van der Waals surface area contributed by atoms with Crippen LogP contribution >= 0.6 is 27.7 Å². The highest BCUT2D eigenvalue weighted by Crippen LogP contribution is 2.24. The fraction of sp³-hybridized carbons (Fsp3) is 0.467. The van der Waals surface area contributed by atoms with Gasteiger partial charge < -0.3 is 15.1 Å². The van der Waals surface area contributed by atoms with E-state index in [1.54, 1.807) is 16.7 Å². The van der Waals surface area contributed by atoms with Crippen molar-refractivity contribution >= 4 is 39.6 Å². The zero-order chi connectivity index (χ0) is 16.2. The maximum Gasteiger partial charge on any atom is 0.335 e. The first-order valence-corrected chi connectivity index (χ1v) is 8.80. The number of hydrogen-bond acceptors (Lipinski definition) is 4. The number of thioether (sulfide) groups is 1. The van der Waals surface area contributed by atoms with Crippen LogP contribution in [0.3, 0.4) is 0 Å². The summed E-state index contributed by atoms with van der Waals surface area (Å²) in [4.78, 5) is 25.8. The molecule has 1 saturated heterocycles. The van der Waals surface area contributed by atoms with E-state index in [-0.39, 0.29) is 18.7 Å². The molecular weight excluding hydrogens is 370 g/mol. The average Bonchev–Trinajstić information content (AvgIpc) is 2.49. The molecule has 0 aromatic heterocycles. The van der Waals surface area contributed by atoms with Crippen molar-refractivity contribution in [2.75, 3.05) is 18.8 Å². The number of carboxylic acid groups (broad SMARTS) is 1. The molecule has 0 atom stereocenters. The third kappa shape index (κ3) is 4.47. The minimum atomic E-state index is -1.68. The van der Waals surface area contributed by atoms with E-state index in [9.17, 15) is 14.7 Å². The number of carbonyl (C=O) groups excluding carboxylic acids is 1. The summed E-state index contributed by atoms with van der Waals surface area (Å²) in [7, 11) is 0. The summed E-state index contributed by atoms with van der Waals surface area (Å²) in [5.41, 5.74) is -1.68. The van der Waals surface area contributed by atoms with Gasteiger partial charge >= 0.3 is 5.97 Å². The van der Waals surface area contributed by atoms with Gasteiger partial charge in [-0.25, -0.2) is 4.79 Å². The van der Waals surface area contributed by atoms with Crippen molar-refractivity contribution in [3.8, 4) is 0 Å². The topological polar surface area (TPSA) is 77.8 Å². The van der Waals surface area contributed by atoms with Crippen LogP contribution in [0.15, 0.2) is 33.6 Å². The molecule has 5 nitrogen and oxygen atoms in total. The summed E-state index contributed by atoms with van der Waals surface area (Å²) in [6.45, 7) is 0.592. The van der Waals surface area contributed by atoms with Crippen LogP contribution in [0.1, 0.15) is 19.3 Å². The number of nitrogens with zero attached hydrogens (tertiary/aromatic N) is 1. The van der Waals surface area contributed by atoms with Gasteiger partial charge in [-0.05, 0) is 24.3 Å². The van der Waals surface area contributed by atoms with E-state index in [2.05, 4.69) is 15.9 Å². The van der Waals surface area contributed by atoms with E-state index >= 15 is 0 Å². The Morgan fingerprint density at radius 1 is 1.23 bits per heavy atom. The quantitative estimate of drug-likeness (QED) is 0.758. The first kappa shape index (κ1) is 17.3. The second-order valence-electron chi connectivity index (χ2n) is 5.27. The lowest BCUT2D eigenvalue weighted by Crippen LogP contribution is -2.50. The van der Waals surface area contributed by atoms with Crippen molar-refractivity contribution in [1.29, 1.82) is 0 Å². The highest BCUT2D eigenvalue weighted by atomic mass is 79.9. The van der Waals surface area contributed by atoms with Gasteiger partial charge in [0, 0.05) is 47.5 Å². The number of aliphatic hydroxyl groups is 1. The lowest BCUT2D eigenvalue weighted by molar-refractivity contribution is -0.165. The smallest absolute Gasteiger partial charge is 0.335 e. The number of piperidine rings is 1. The standard InChI is InChI=1S/C15H18BrNO4S/c16-11-1-3-12(4-2-11)22-10-5-13(18)17-8-6-15(21,7-9-17)14(19)20/h1-4,21H,5-10H2,(H,19,20). The molecule has 1 aromatic carbocycles. The van der Waals surface area contributed by atoms with Crippen LogP contribution in [0.4, 0.5) is 0 Å². The van der Waals surface area contributed by atoms with Crippen molar-refractivity contribution in [3.63, 3.8) is 0 Å². The van der Waals surface area contributed by atoms with Gasteiger partial charge in [-0.15, -0.1) is 11.8 Å². The third-order valence-electron chi connectivity index (χ3n) is 3.74. The van der Waals surface area contributed by atoms with Gasteiger partial charge in [-0.1, -0.05) is 15.9 Å². The molecular formula is C15H18BrNO4S. The fourth-order valence-corrected chi connectivity index (χ4v) is 3.39. The summed E-state index contributed by atoms with van der Waals surface area (Å²) < 4.78 is 1.02. The van der Waals surface area contributed by atoms with Crippen LogP contribution in [0.25, 0.3) is 0 Å². The fourth-order valence-electron chi connectivity index (χ4n) is 2.29. The van der Waals surface area contributed by atoms with E-state index in [0.717, 1.165) is 9.37 Å². The average molecular weight is 388 g/mol. The largest absolute Gasteiger partial charge is 0.479 e. The SMILES string of the molecule is O=C(CCSc1ccc(Br)cc1)N1CCC(O)(C(=O)O)CC1. The van der Waals surface area contributed by atoms with Gasteiger partial charge in [0.1, 0.15) is 0 Å². The third-order valence-corrected chi connectivity index (χ3v) is 5.28. The van der Waals surface area contributed by atoms with Gasteiger partial charge in [0.2, 0.25) is 5.91 Å². The minimum Gasteiger partial charge on any atom is -0.479 e. The predicted octanol–water partition coefficient (Wildman–Crippen LogP) is 2.37. The predicted molar refractivity (Wildman–Crippen MR) is 87.9 cm³/mol. The summed E-state index contributed by atoms with van der Waals surface area (Å²) in [6, 6.07) is 7.91. The molecule has 22 heavy (non-hydrogen) atoms. The molecule has 1 aliphatic heterocycles. The van der Waals surface area contributed by atoms with Gasteiger partial charge in [0.05, 0.1) is 0 Å². The van der Waals surface area contributed by atoms with Crippen molar-refractivity contribution in [2.45, 2.75) is 29.8 Å². The number of carbonyl (C=O) groups is 2. The lowest BCUT2D eigenvalue weighted by atomic mass is 9.91. The van der Waals surface area contributed by atoms with Crippen LogP contribution in [0.5, 0.6) is 0 Å². The Hall–Kier alpha value is -1.05. The molecule has 120 valence electrons. The first-order valence-electron chi connectivity index (χ1n) is 7.03. The van der Waals surface area contributed by atoms with Crippen LogP contribution in [-0.2, 0) is 9.59 Å². The highest BCUT2D eigenvalue weighted by Gasteiger charge is 2.40. The van der Waals surface area contributed by atoms with Crippen LogP contribution < -0.4 is 0 Å². The zero-order valence-electron chi connectivity index (χ0n) is 12.0. The van der Waals surface area contributed by atoms with Crippen LogP contribution in [0.2, 0.25) is 0 Å². The van der Waals surface area contributed by atoms with Gasteiger partial charge in [0.25, 0.3) is 0 Å². The molecule has 1 amide bonds. The Labute approximate surface area is 141 Å². The number of likely N-dealkylation sites (tertiary alicyclic amines) is 1. The molecule has 0 unspecified atom stereocenters. The van der Waals surface area contributed by atoms with Gasteiger partial charge in [0.15, 0.2) is 5.60 Å². The molecule has 0 bridgehead atoms. The van der Waals surface area contributed by atoms with Gasteiger partial charge in [-0.3, -0.25) is 4.79 Å². The second-order valence-corrected chi connectivity index (χ2v) is 7.35. The Morgan fingerprint density at radius 3 is 2.36 bits per heavy atom. The van der Waals surface area contributed by atoms with Crippen molar-refractivity contribution in [2.24, 2.45) is 0 Å². The van der Waals surface area contributed by atoms with Crippen LogP contribution in [0, 0.1) is 0 Å². The molecule has 0 radical (unpaired) electrons. The Balaban J connectivity index is 1.74. The molecule has 1 fully saturated rings. The molecule has 2 N–H and O–H groups in total. The Bertz CT molecular complexity index is 541. The molecule has 1 aliphatic rings. The van der Waals surface area contributed by atoms with E-state index in [4.69, 9.17) is 5.11 Å². The Morgan fingerprint density at radius 2 is 1.82 bits per heavy atom. The molecule has 1 aromatic rings. The highest BCUT2D eigenvalue weighted by molar-refractivity contribution is 9.10. The molecule has 0 saturated carbocycles. The van der Waals surface area contributed by atoms with E-state index in [0.29, 0.717) is 25.3 Å². The van der Waals surface area contributed by atoms with E-state index in [1.807, 2.05) is 24.3 Å². The minimum absolute atomic E-state index is 0.0112. The van der Waals surface area contributed by atoms with Crippen molar-refractivity contribution < 1.29 is 19.8 Å². The molecule has 2 rings (SSSR count). The molecule has 7 heteroatoms. The normalized spacial score (nSPS) is 17.3. The Kier molecular flexibility index (Phi) is 5.88. The number of halogens is 1. The number of rotatable bonds is 5. The van der Waals surface area contributed by atoms with Gasteiger partial charge in [-0.2, -0.15) is 0 Å². The van der Waals surface area contributed by atoms with Crippen molar-refractivity contribution in [3.05, 3.63) is 28.7 Å². The molecule has 0 spiro atoms. The number of carboxylic acids is 1. The number of amides is 1. The number of aliphatic carboxylic acids is 1. The maximum absolute atomic E-state index is 12.1. The first-order chi connectivity index (χ1) is 10.4. The van der Waals surface area contributed by atoms with E-state index in [1.165, 1.54) is 0 Å².